The summed E-state index contributed by atoms with van der Waals surface area (Å²) in [6.45, 7) is 13.0. The van der Waals surface area contributed by atoms with E-state index in [9.17, 15) is 24.3 Å². The summed E-state index contributed by atoms with van der Waals surface area (Å²) in [4.78, 5) is 60.6. The van der Waals surface area contributed by atoms with Crippen molar-refractivity contribution in [1.29, 1.82) is 0 Å². The largest absolute Gasteiger partial charge is 0.460 e. The number of amides is 3. The number of benzene rings is 1. The van der Waals surface area contributed by atoms with Gasteiger partial charge in [-0.05, 0) is 31.7 Å². The number of aliphatic hydroxyl groups excluding tert-OH is 1. The fraction of sp³-hybridized carbons (Fsp3) is 0.600. The van der Waals surface area contributed by atoms with Crippen molar-refractivity contribution in [3.63, 3.8) is 0 Å². The number of nitrogens with one attached hydrogen (secondary N) is 1. The third-order valence-electron chi connectivity index (χ3n) is 9.87. The summed E-state index contributed by atoms with van der Waals surface area (Å²) in [5, 5.41) is 13.5. The van der Waals surface area contributed by atoms with Crippen molar-refractivity contribution in [2.75, 3.05) is 59.1 Å². The standard InChI is InChI=1S/C35H48N4O8/c1-4-6-12-28(41)36-22-24(3)46-34(44)29-27-13-14-35(47-27)30(29)32(42)39(26(23-40)25-10-8-7-9-11-25)31(35)33(43)38(15-5-2)17-16-37-18-20-45-21-19-37/h4-5,7-11,24,26-27,29-31,40H,1-2,6,12-23H2,3H3,(H,36,41)/t24-,26+,27+,29-,30-,31+,35-/m0/s1. The van der Waals surface area contributed by atoms with Crippen LogP contribution in [0.3, 0.4) is 0 Å². The Morgan fingerprint density at radius 3 is 2.62 bits per heavy atom. The Hall–Kier alpha value is -3.58. The fourth-order valence-corrected chi connectivity index (χ4v) is 7.61. The Balaban J connectivity index is 1.42. The Labute approximate surface area is 276 Å². The smallest absolute Gasteiger partial charge is 0.312 e. The third kappa shape index (κ3) is 7.15. The zero-order valence-corrected chi connectivity index (χ0v) is 27.3. The quantitative estimate of drug-likeness (QED) is 0.201. The van der Waals surface area contributed by atoms with E-state index in [1.54, 1.807) is 24.0 Å². The fourth-order valence-electron chi connectivity index (χ4n) is 7.61. The number of allylic oxidation sites excluding steroid dienone is 1. The van der Waals surface area contributed by atoms with E-state index in [2.05, 4.69) is 23.4 Å². The molecule has 3 amide bonds. The molecule has 4 saturated heterocycles. The number of aliphatic hydroxyl groups is 1. The minimum atomic E-state index is -1.26. The third-order valence-corrected chi connectivity index (χ3v) is 9.87. The molecule has 0 aliphatic carbocycles. The molecule has 12 heteroatoms. The molecule has 4 fully saturated rings. The zero-order chi connectivity index (χ0) is 33.6. The van der Waals surface area contributed by atoms with Crippen LogP contribution >= 0.6 is 0 Å². The van der Waals surface area contributed by atoms with Gasteiger partial charge in [0.1, 0.15) is 17.7 Å². The number of carbonyl (C=O) groups excluding carboxylic acids is 4. The number of likely N-dealkylation sites (tertiary alicyclic amines) is 1. The SMILES string of the molecule is C=CCCC(=O)NC[C@H](C)OC(=O)[C@@H]1[C@H]2C(=O)N([C@H](CO)c3ccccc3)[C@H](C(=O)N(CC=C)CCN3CCOCC3)[C@]23CC[C@H]1O3. The van der Waals surface area contributed by atoms with Crippen molar-refractivity contribution >= 4 is 23.7 Å². The van der Waals surface area contributed by atoms with Gasteiger partial charge in [0.15, 0.2) is 0 Å². The molecule has 1 spiro atoms. The number of carbonyl (C=O) groups is 4. The van der Waals surface area contributed by atoms with Crippen LogP contribution in [0.5, 0.6) is 0 Å². The monoisotopic (exact) mass is 652 g/mol. The van der Waals surface area contributed by atoms with Crippen LogP contribution in [0.25, 0.3) is 0 Å². The molecular weight excluding hydrogens is 604 g/mol. The maximum absolute atomic E-state index is 14.7. The van der Waals surface area contributed by atoms with Crippen LogP contribution in [0.4, 0.5) is 0 Å². The first-order chi connectivity index (χ1) is 22.7. The van der Waals surface area contributed by atoms with E-state index in [1.807, 2.05) is 30.3 Å². The van der Waals surface area contributed by atoms with E-state index in [0.29, 0.717) is 51.1 Å². The number of hydrogen-bond donors (Lipinski definition) is 2. The van der Waals surface area contributed by atoms with Gasteiger partial charge in [-0.15, -0.1) is 13.2 Å². The Morgan fingerprint density at radius 1 is 1.19 bits per heavy atom. The summed E-state index contributed by atoms with van der Waals surface area (Å²) >= 11 is 0. The molecule has 0 unspecified atom stereocenters. The van der Waals surface area contributed by atoms with Gasteiger partial charge in [0, 0.05) is 39.1 Å². The number of hydrogen-bond acceptors (Lipinski definition) is 9. The molecule has 4 heterocycles. The van der Waals surface area contributed by atoms with Crippen molar-refractivity contribution in [3.05, 3.63) is 61.2 Å². The van der Waals surface area contributed by atoms with Gasteiger partial charge in [0.2, 0.25) is 17.7 Å². The molecule has 0 aromatic heterocycles. The molecule has 0 radical (unpaired) electrons. The highest BCUT2D eigenvalue weighted by Crippen LogP contribution is 2.60. The highest BCUT2D eigenvalue weighted by Gasteiger charge is 2.75. The van der Waals surface area contributed by atoms with Crippen LogP contribution < -0.4 is 5.32 Å². The molecule has 1 aromatic carbocycles. The Bertz CT molecular complexity index is 1300. The second-order valence-corrected chi connectivity index (χ2v) is 12.8. The van der Waals surface area contributed by atoms with Gasteiger partial charge in [0.25, 0.3) is 0 Å². The van der Waals surface area contributed by atoms with Gasteiger partial charge in [0.05, 0.1) is 50.3 Å². The van der Waals surface area contributed by atoms with Crippen LogP contribution in [0.2, 0.25) is 0 Å². The first-order valence-corrected chi connectivity index (χ1v) is 16.7. The lowest BCUT2D eigenvalue weighted by atomic mass is 9.70. The van der Waals surface area contributed by atoms with Gasteiger partial charge in [-0.1, -0.05) is 42.5 Å². The second kappa shape index (κ2) is 15.5. The van der Waals surface area contributed by atoms with Gasteiger partial charge in [-0.3, -0.25) is 24.1 Å². The molecule has 256 valence electrons. The van der Waals surface area contributed by atoms with Gasteiger partial charge < -0.3 is 34.4 Å². The van der Waals surface area contributed by atoms with E-state index in [-0.39, 0.29) is 31.3 Å². The number of fused-ring (bicyclic) bond motifs is 1. The molecule has 12 nitrogen and oxygen atoms in total. The molecular formula is C35H48N4O8. The summed E-state index contributed by atoms with van der Waals surface area (Å²) < 4.78 is 17.9. The van der Waals surface area contributed by atoms with Crippen LogP contribution in [0.1, 0.15) is 44.2 Å². The van der Waals surface area contributed by atoms with Gasteiger partial charge >= 0.3 is 5.97 Å². The maximum atomic E-state index is 14.7. The highest BCUT2D eigenvalue weighted by molar-refractivity contribution is 5.98. The number of ether oxygens (including phenoxy) is 3. The van der Waals surface area contributed by atoms with E-state index < -0.39 is 60.2 Å². The number of esters is 1. The summed E-state index contributed by atoms with van der Waals surface area (Å²) in [5.74, 6) is -3.36. The summed E-state index contributed by atoms with van der Waals surface area (Å²) in [5.41, 5.74) is -0.582. The van der Waals surface area contributed by atoms with Crippen LogP contribution in [-0.4, -0.2) is 126 Å². The second-order valence-electron chi connectivity index (χ2n) is 12.8. The number of rotatable bonds is 16. The van der Waals surface area contributed by atoms with Gasteiger partial charge in [-0.2, -0.15) is 0 Å². The molecule has 47 heavy (non-hydrogen) atoms. The average Bonchev–Trinajstić information content (AvgIpc) is 3.73. The first kappa shape index (κ1) is 34.7. The summed E-state index contributed by atoms with van der Waals surface area (Å²) in [6, 6.07) is 7.23. The normalized spacial score (nSPS) is 28.0. The maximum Gasteiger partial charge on any atom is 0.312 e. The Morgan fingerprint density at radius 2 is 1.94 bits per heavy atom. The lowest BCUT2D eigenvalue weighted by Crippen LogP contribution is -2.58. The number of nitrogens with zero attached hydrogens (tertiary/aromatic N) is 3. The molecule has 2 N–H and O–H groups in total. The molecule has 4 aliphatic rings. The lowest BCUT2D eigenvalue weighted by Gasteiger charge is -2.40. The van der Waals surface area contributed by atoms with Crippen molar-refractivity contribution in [2.24, 2.45) is 11.8 Å². The molecule has 5 rings (SSSR count). The van der Waals surface area contributed by atoms with E-state index in [1.165, 1.54) is 4.90 Å². The zero-order valence-electron chi connectivity index (χ0n) is 27.3. The van der Waals surface area contributed by atoms with Crippen LogP contribution in [-0.2, 0) is 33.4 Å². The molecule has 7 atom stereocenters. The predicted octanol–water partition coefficient (Wildman–Crippen LogP) is 1.46. The number of morpholine rings is 1. The highest BCUT2D eigenvalue weighted by atomic mass is 16.6. The Kier molecular flexibility index (Phi) is 11.5. The first-order valence-electron chi connectivity index (χ1n) is 16.7. The minimum Gasteiger partial charge on any atom is -0.460 e. The van der Waals surface area contributed by atoms with E-state index >= 15 is 0 Å². The predicted molar refractivity (Wildman–Crippen MR) is 173 cm³/mol. The average molecular weight is 653 g/mol. The van der Waals surface area contributed by atoms with Crippen molar-refractivity contribution in [1.82, 2.24) is 20.0 Å². The van der Waals surface area contributed by atoms with Crippen LogP contribution in [0, 0.1) is 11.8 Å². The summed E-state index contributed by atoms with van der Waals surface area (Å²) in [6.07, 6.45) is 3.82. The lowest BCUT2D eigenvalue weighted by molar-refractivity contribution is -0.160. The molecule has 4 aliphatic heterocycles. The minimum absolute atomic E-state index is 0.122. The van der Waals surface area contributed by atoms with Crippen LogP contribution in [0.15, 0.2) is 55.6 Å². The molecule has 0 saturated carbocycles. The van der Waals surface area contributed by atoms with E-state index in [4.69, 9.17) is 14.2 Å². The van der Waals surface area contributed by atoms with E-state index in [0.717, 1.165) is 13.1 Å². The molecule has 1 aromatic rings. The summed E-state index contributed by atoms with van der Waals surface area (Å²) in [7, 11) is 0. The van der Waals surface area contributed by atoms with Crippen molar-refractivity contribution in [3.8, 4) is 0 Å². The topological polar surface area (TPSA) is 138 Å². The van der Waals surface area contributed by atoms with Crippen molar-refractivity contribution < 1.29 is 38.5 Å². The van der Waals surface area contributed by atoms with Crippen molar-refractivity contribution in [2.45, 2.75) is 62.5 Å². The molecule has 2 bridgehead atoms. The van der Waals surface area contributed by atoms with Gasteiger partial charge in [-0.25, -0.2) is 0 Å².